The summed E-state index contributed by atoms with van der Waals surface area (Å²) < 4.78 is 82.4. The highest BCUT2D eigenvalue weighted by Crippen LogP contribution is 2.42. The molecule has 2 aliphatic rings. The molecule has 7 rings (SSSR count). The molecule has 286 valence electrons. The lowest BCUT2D eigenvalue weighted by Crippen LogP contribution is -2.51. The van der Waals surface area contributed by atoms with Gasteiger partial charge in [-0.05, 0) is 39.9 Å². The molecular formula is C41H38F5N5O4. The topological polar surface area (TPSA) is 100 Å². The standard InChI is InChI=1S/C41H38F5N5O4/c1-24-31(22-50-16-18-51(19-17-50)41-47-14-3-15-48-41)54-40(55-38(24)28-8-6-25(23-52)7-9-28)29-12-10-27(11-13-29)30-5-2-4-26(20-30)21-49-39(53)32-33(42)35(44)37(46)36(45)34(32)43/h2-15,20,24,31,38,40,52H,16-19,21-23H2,1H3,(H,49,53). The smallest absolute Gasteiger partial charge is 0.257 e. The van der Waals surface area contributed by atoms with Gasteiger partial charge in [0.05, 0.1) is 18.8 Å². The lowest BCUT2D eigenvalue weighted by molar-refractivity contribution is -0.276. The number of nitrogens with one attached hydrogen (secondary N) is 1. The van der Waals surface area contributed by atoms with Crippen molar-refractivity contribution in [2.24, 2.45) is 5.92 Å². The highest BCUT2D eigenvalue weighted by molar-refractivity contribution is 5.94. The van der Waals surface area contributed by atoms with E-state index in [1.807, 2.05) is 54.6 Å². The Morgan fingerprint density at radius 2 is 1.40 bits per heavy atom. The molecule has 2 aliphatic heterocycles. The van der Waals surface area contributed by atoms with Gasteiger partial charge in [-0.1, -0.05) is 73.7 Å². The average molecular weight is 760 g/mol. The first-order valence-electron chi connectivity index (χ1n) is 17.8. The second kappa shape index (κ2) is 16.6. The van der Waals surface area contributed by atoms with Gasteiger partial charge in [-0.2, -0.15) is 0 Å². The largest absolute Gasteiger partial charge is 0.392 e. The summed E-state index contributed by atoms with van der Waals surface area (Å²) >= 11 is 0. The summed E-state index contributed by atoms with van der Waals surface area (Å²) in [6.07, 6.45) is 2.35. The van der Waals surface area contributed by atoms with Crippen LogP contribution in [0, 0.1) is 35.0 Å². The van der Waals surface area contributed by atoms with E-state index in [-0.39, 0.29) is 31.3 Å². The van der Waals surface area contributed by atoms with Crippen molar-refractivity contribution in [3.63, 3.8) is 0 Å². The molecule has 0 radical (unpaired) electrons. The first-order chi connectivity index (χ1) is 26.6. The molecule has 0 bridgehead atoms. The monoisotopic (exact) mass is 759 g/mol. The molecule has 0 saturated carbocycles. The third-order valence-electron chi connectivity index (χ3n) is 10.1. The van der Waals surface area contributed by atoms with Gasteiger partial charge in [-0.3, -0.25) is 9.69 Å². The zero-order valence-corrected chi connectivity index (χ0v) is 29.8. The predicted molar refractivity (Wildman–Crippen MR) is 193 cm³/mol. The number of hydrogen-bond donors (Lipinski definition) is 2. The highest BCUT2D eigenvalue weighted by Gasteiger charge is 2.39. The number of carbonyl (C=O) groups excluding carboxylic acids is 1. The number of amides is 1. The van der Waals surface area contributed by atoms with Crippen LogP contribution >= 0.6 is 0 Å². The van der Waals surface area contributed by atoms with Gasteiger partial charge in [0.1, 0.15) is 5.56 Å². The van der Waals surface area contributed by atoms with Crippen LogP contribution in [0.1, 0.15) is 51.9 Å². The Bertz CT molecular complexity index is 2090. The van der Waals surface area contributed by atoms with Crippen molar-refractivity contribution in [3.05, 3.63) is 148 Å². The number of halogens is 5. The molecule has 3 heterocycles. The first-order valence-corrected chi connectivity index (χ1v) is 17.8. The molecule has 4 aromatic carbocycles. The van der Waals surface area contributed by atoms with Gasteiger partial charge in [-0.25, -0.2) is 31.9 Å². The number of benzene rings is 4. The maximum atomic E-state index is 14.2. The number of rotatable bonds is 10. The van der Waals surface area contributed by atoms with Gasteiger partial charge in [0.25, 0.3) is 5.91 Å². The van der Waals surface area contributed by atoms with E-state index in [4.69, 9.17) is 9.47 Å². The van der Waals surface area contributed by atoms with Crippen molar-refractivity contribution in [1.82, 2.24) is 20.2 Å². The summed E-state index contributed by atoms with van der Waals surface area (Å²) in [5.41, 5.74) is 3.14. The molecule has 1 aromatic heterocycles. The third-order valence-corrected chi connectivity index (χ3v) is 10.1. The van der Waals surface area contributed by atoms with Crippen molar-refractivity contribution in [3.8, 4) is 11.1 Å². The molecule has 4 unspecified atom stereocenters. The molecule has 2 N–H and O–H groups in total. The molecule has 5 aromatic rings. The van der Waals surface area contributed by atoms with Crippen LogP contribution < -0.4 is 10.2 Å². The van der Waals surface area contributed by atoms with Crippen molar-refractivity contribution in [2.45, 2.75) is 38.6 Å². The second-order valence-electron chi connectivity index (χ2n) is 13.6. The highest BCUT2D eigenvalue weighted by atomic mass is 19.2. The Morgan fingerprint density at radius 1 is 0.764 bits per heavy atom. The van der Waals surface area contributed by atoms with Gasteiger partial charge in [0.15, 0.2) is 29.6 Å². The van der Waals surface area contributed by atoms with Crippen LogP contribution in [-0.4, -0.2) is 64.7 Å². The summed E-state index contributed by atoms with van der Waals surface area (Å²) in [5, 5.41) is 11.8. The van der Waals surface area contributed by atoms with E-state index in [0.29, 0.717) is 12.1 Å². The van der Waals surface area contributed by atoms with Crippen LogP contribution in [0.2, 0.25) is 0 Å². The molecule has 4 atom stereocenters. The van der Waals surface area contributed by atoms with Gasteiger partial charge in [-0.15, -0.1) is 0 Å². The average Bonchev–Trinajstić information content (AvgIpc) is 3.23. The van der Waals surface area contributed by atoms with Crippen LogP contribution in [0.4, 0.5) is 27.9 Å². The summed E-state index contributed by atoms with van der Waals surface area (Å²) in [4.78, 5) is 25.8. The number of piperazine rings is 1. The van der Waals surface area contributed by atoms with Crippen LogP contribution in [-0.2, 0) is 22.6 Å². The van der Waals surface area contributed by atoms with E-state index < -0.39 is 46.8 Å². The lowest BCUT2D eigenvalue weighted by Gasteiger charge is -2.44. The minimum Gasteiger partial charge on any atom is -0.392 e. The van der Waals surface area contributed by atoms with Gasteiger partial charge < -0.3 is 24.8 Å². The van der Waals surface area contributed by atoms with Gasteiger partial charge >= 0.3 is 0 Å². The van der Waals surface area contributed by atoms with Crippen LogP contribution in [0.25, 0.3) is 11.1 Å². The Hall–Kier alpha value is -5.28. The van der Waals surface area contributed by atoms with E-state index in [9.17, 15) is 31.9 Å². The molecule has 9 nitrogen and oxygen atoms in total. The molecule has 0 aliphatic carbocycles. The lowest BCUT2D eigenvalue weighted by atomic mass is 9.89. The number of ether oxygens (including phenoxy) is 2. The van der Waals surface area contributed by atoms with E-state index in [1.54, 1.807) is 36.7 Å². The number of anilines is 1. The van der Waals surface area contributed by atoms with E-state index in [1.165, 1.54) is 0 Å². The third kappa shape index (κ3) is 8.22. The quantitative estimate of drug-likeness (QED) is 0.0905. The Balaban J connectivity index is 1.05. The second-order valence-corrected chi connectivity index (χ2v) is 13.6. The maximum Gasteiger partial charge on any atom is 0.257 e. The Labute approximate surface area is 314 Å². The van der Waals surface area contributed by atoms with Crippen LogP contribution in [0.3, 0.4) is 0 Å². The first kappa shape index (κ1) is 38.0. The summed E-state index contributed by atoms with van der Waals surface area (Å²) in [6.45, 7) is 5.75. The van der Waals surface area contributed by atoms with E-state index in [2.05, 4.69) is 32.0 Å². The summed E-state index contributed by atoms with van der Waals surface area (Å²) in [5.74, 6) is -11.8. The minimum atomic E-state index is -2.33. The van der Waals surface area contributed by atoms with Crippen molar-refractivity contribution in [2.75, 3.05) is 37.6 Å². The van der Waals surface area contributed by atoms with Crippen LogP contribution in [0.15, 0.2) is 91.3 Å². The van der Waals surface area contributed by atoms with E-state index >= 15 is 0 Å². The van der Waals surface area contributed by atoms with E-state index in [0.717, 1.165) is 59.9 Å². The minimum absolute atomic E-state index is 0.00306. The zero-order valence-electron chi connectivity index (χ0n) is 29.8. The number of aliphatic hydroxyl groups excluding tert-OH is 1. The fourth-order valence-corrected chi connectivity index (χ4v) is 6.94. The predicted octanol–water partition coefficient (Wildman–Crippen LogP) is 6.88. The van der Waals surface area contributed by atoms with Gasteiger partial charge in [0, 0.05) is 63.1 Å². The summed E-state index contributed by atoms with van der Waals surface area (Å²) in [7, 11) is 0. The van der Waals surface area contributed by atoms with Crippen LogP contribution in [0.5, 0.6) is 0 Å². The zero-order chi connectivity index (χ0) is 38.6. The number of carbonyl (C=O) groups is 1. The number of hydrogen-bond acceptors (Lipinski definition) is 8. The molecule has 1 amide bonds. The molecule has 2 fully saturated rings. The Kier molecular flexibility index (Phi) is 11.5. The number of nitrogens with zero attached hydrogens (tertiary/aromatic N) is 4. The fraction of sp³-hybridized carbons (Fsp3) is 0.293. The van der Waals surface area contributed by atoms with Crippen molar-refractivity contribution < 1.29 is 41.3 Å². The Morgan fingerprint density at radius 3 is 2.05 bits per heavy atom. The molecular weight excluding hydrogens is 721 g/mol. The normalized spacial score (nSPS) is 20.4. The molecule has 14 heteroatoms. The van der Waals surface area contributed by atoms with Crippen molar-refractivity contribution >= 4 is 11.9 Å². The molecule has 2 saturated heterocycles. The SMILES string of the molecule is CC1C(CN2CCN(c3ncccn3)CC2)OC(c2ccc(-c3cccc(CNC(=O)c4c(F)c(F)c(F)c(F)c4F)c3)cc2)OC1c1ccc(CO)cc1. The van der Waals surface area contributed by atoms with Crippen molar-refractivity contribution in [1.29, 1.82) is 0 Å². The molecule has 0 spiro atoms. The summed E-state index contributed by atoms with van der Waals surface area (Å²) in [6, 6.07) is 24.1. The van der Waals surface area contributed by atoms with Gasteiger partial charge in [0.2, 0.25) is 11.8 Å². The number of aliphatic hydroxyl groups is 1. The maximum absolute atomic E-state index is 14.2. The molecule has 55 heavy (non-hydrogen) atoms. The number of aromatic nitrogens is 2. The fourth-order valence-electron chi connectivity index (χ4n) is 6.94.